The van der Waals surface area contributed by atoms with Crippen molar-refractivity contribution >= 4 is 21.6 Å². The quantitative estimate of drug-likeness (QED) is 0.488. The summed E-state index contributed by atoms with van der Waals surface area (Å²) in [6, 6.07) is 23.4. The summed E-state index contributed by atoms with van der Waals surface area (Å²) in [5, 5.41) is 2.85. The number of ether oxygens (including phenoxy) is 2. The smallest absolute Gasteiger partial charge is 0.241 e. The Bertz CT molecular complexity index is 1150. The molecule has 0 saturated carbocycles. The van der Waals surface area contributed by atoms with Gasteiger partial charge in [-0.3, -0.25) is 9.10 Å². The van der Waals surface area contributed by atoms with E-state index < -0.39 is 15.9 Å². The molecular formula is C25H28N2O5S. The second kappa shape index (κ2) is 10.9. The molecule has 0 saturated heterocycles. The molecule has 3 aromatic rings. The fourth-order valence-corrected chi connectivity index (χ4v) is 4.10. The van der Waals surface area contributed by atoms with E-state index >= 15 is 0 Å². The number of anilines is 1. The lowest BCUT2D eigenvalue weighted by Gasteiger charge is -2.23. The molecule has 8 heteroatoms. The number of methoxy groups -OCH3 is 1. The van der Waals surface area contributed by atoms with Crippen LogP contribution in [0.15, 0.2) is 78.9 Å². The molecular weight excluding hydrogens is 440 g/mol. The lowest BCUT2D eigenvalue weighted by atomic mass is 10.1. The predicted molar refractivity (Wildman–Crippen MR) is 129 cm³/mol. The van der Waals surface area contributed by atoms with Crippen molar-refractivity contribution in [2.75, 3.05) is 24.2 Å². The van der Waals surface area contributed by atoms with Crippen LogP contribution in [0.3, 0.4) is 0 Å². The first-order chi connectivity index (χ1) is 15.8. The first-order valence-corrected chi connectivity index (χ1v) is 12.3. The van der Waals surface area contributed by atoms with Crippen LogP contribution >= 0.6 is 0 Å². The molecule has 0 fully saturated rings. The maximum Gasteiger partial charge on any atom is 0.241 e. The van der Waals surface area contributed by atoms with Gasteiger partial charge in [0, 0.05) is 0 Å². The zero-order valence-corrected chi connectivity index (χ0v) is 19.7. The lowest BCUT2D eigenvalue weighted by Crippen LogP contribution is -2.41. The Balaban J connectivity index is 1.64. The Kier molecular flexibility index (Phi) is 7.95. The number of nitrogens with one attached hydrogen (secondary N) is 1. The summed E-state index contributed by atoms with van der Waals surface area (Å²) in [5.41, 5.74) is 2.30. The second-order valence-electron chi connectivity index (χ2n) is 7.60. The molecule has 33 heavy (non-hydrogen) atoms. The Morgan fingerprint density at radius 2 is 1.55 bits per heavy atom. The van der Waals surface area contributed by atoms with Gasteiger partial charge in [0.05, 0.1) is 25.1 Å². The molecule has 0 aliphatic rings. The monoisotopic (exact) mass is 468 g/mol. The Morgan fingerprint density at radius 1 is 0.939 bits per heavy atom. The van der Waals surface area contributed by atoms with E-state index in [9.17, 15) is 13.2 Å². The minimum Gasteiger partial charge on any atom is -0.497 e. The molecule has 1 atom stereocenters. The van der Waals surface area contributed by atoms with Gasteiger partial charge in [-0.2, -0.15) is 0 Å². The summed E-state index contributed by atoms with van der Waals surface area (Å²) in [7, 11) is -2.09. The van der Waals surface area contributed by atoms with Crippen molar-refractivity contribution in [1.82, 2.24) is 5.32 Å². The SMILES string of the molecule is COc1ccc([C@H](C)NC(=O)CN(c2ccc(OCc3ccccc3)cc2)S(C)(=O)=O)cc1. The van der Waals surface area contributed by atoms with Crippen LogP contribution in [0.1, 0.15) is 24.1 Å². The van der Waals surface area contributed by atoms with E-state index in [4.69, 9.17) is 9.47 Å². The minimum absolute atomic E-state index is 0.293. The van der Waals surface area contributed by atoms with E-state index in [-0.39, 0.29) is 12.6 Å². The van der Waals surface area contributed by atoms with Crippen molar-refractivity contribution in [1.29, 1.82) is 0 Å². The van der Waals surface area contributed by atoms with Crippen LogP contribution in [0.2, 0.25) is 0 Å². The Hall–Kier alpha value is -3.52. The van der Waals surface area contributed by atoms with E-state index in [2.05, 4.69) is 5.32 Å². The first kappa shape index (κ1) is 24.1. The number of nitrogens with zero attached hydrogens (tertiary/aromatic N) is 1. The van der Waals surface area contributed by atoms with E-state index in [1.807, 2.05) is 61.5 Å². The third kappa shape index (κ3) is 6.98. The molecule has 1 amide bonds. The third-order valence-electron chi connectivity index (χ3n) is 5.05. The van der Waals surface area contributed by atoms with Crippen LogP contribution in [-0.4, -0.2) is 34.2 Å². The first-order valence-electron chi connectivity index (χ1n) is 10.4. The molecule has 7 nitrogen and oxygen atoms in total. The number of carbonyl (C=O) groups is 1. The van der Waals surface area contributed by atoms with Gasteiger partial charge in [0.15, 0.2) is 0 Å². The van der Waals surface area contributed by atoms with E-state index in [1.54, 1.807) is 31.4 Å². The topological polar surface area (TPSA) is 84.9 Å². The molecule has 0 radical (unpaired) electrons. The molecule has 3 rings (SSSR count). The fraction of sp³-hybridized carbons (Fsp3) is 0.240. The van der Waals surface area contributed by atoms with Crippen LogP contribution in [0.25, 0.3) is 0 Å². The fourth-order valence-electron chi connectivity index (χ4n) is 3.24. The third-order valence-corrected chi connectivity index (χ3v) is 6.19. The van der Waals surface area contributed by atoms with Gasteiger partial charge in [-0.25, -0.2) is 8.42 Å². The summed E-state index contributed by atoms with van der Waals surface area (Å²) >= 11 is 0. The van der Waals surface area contributed by atoms with Crippen LogP contribution in [0.4, 0.5) is 5.69 Å². The number of hydrogen-bond donors (Lipinski definition) is 1. The van der Waals surface area contributed by atoms with Crippen LogP contribution in [0, 0.1) is 0 Å². The maximum absolute atomic E-state index is 12.6. The van der Waals surface area contributed by atoms with Gasteiger partial charge in [-0.05, 0) is 54.4 Å². The predicted octanol–water partition coefficient (Wildman–Crippen LogP) is 3.92. The second-order valence-corrected chi connectivity index (χ2v) is 9.51. The number of benzene rings is 3. The molecule has 174 valence electrons. The van der Waals surface area contributed by atoms with Gasteiger partial charge >= 0.3 is 0 Å². The molecule has 0 aliphatic heterocycles. The molecule has 0 aliphatic carbocycles. The number of amides is 1. The Morgan fingerprint density at radius 3 is 2.12 bits per heavy atom. The van der Waals surface area contributed by atoms with Crippen LogP contribution < -0.4 is 19.1 Å². The van der Waals surface area contributed by atoms with Gasteiger partial charge in [0.25, 0.3) is 0 Å². The summed E-state index contributed by atoms with van der Waals surface area (Å²) < 4.78 is 36.8. The zero-order chi connectivity index (χ0) is 23.8. The summed E-state index contributed by atoms with van der Waals surface area (Å²) in [4.78, 5) is 12.6. The van der Waals surface area contributed by atoms with Gasteiger partial charge < -0.3 is 14.8 Å². The highest BCUT2D eigenvalue weighted by Gasteiger charge is 2.22. The molecule has 0 unspecified atom stereocenters. The zero-order valence-electron chi connectivity index (χ0n) is 18.9. The highest BCUT2D eigenvalue weighted by Crippen LogP contribution is 2.23. The van der Waals surface area contributed by atoms with E-state index in [0.717, 1.165) is 27.4 Å². The molecule has 0 spiro atoms. The van der Waals surface area contributed by atoms with Crippen molar-refractivity contribution in [2.24, 2.45) is 0 Å². The number of hydrogen-bond acceptors (Lipinski definition) is 5. The molecule has 0 aromatic heterocycles. The average Bonchev–Trinajstić information content (AvgIpc) is 2.81. The standard InChI is InChI=1S/C25H28N2O5S/c1-19(21-9-13-23(31-2)14-10-21)26-25(28)17-27(33(3,29)30)22-11-15-24(16-12-22)32-18-20-7-5-4-6-8-20/h4-16,19H,17-18H2,1-3H3,(H,26,28)/t19-/m0/s1. The van der Waals surface area contributed by atoms with Crippen molar-refractivity contribution < 1.29 is 22.7 Å². The highest BCUT2D eigenvalue weighted by atomic mass is 32.2. The molecule has 0 heterocycles. The van der Waals surface area contributed by atoms with Gasteiger partial charge in [-0.15, -0.1) is 0 Å². The van der Waals surface area contributed by atoms with Crippen molar-refractivity contribution in [3.63, 3.8) is 0 Å². The number of carbonyl (C=O) groups excluding carboxylic acids is 1. The molecule has 0 bridgehead atoms. The molecule has 3 aromatic carbocycles. The average molecular weight is 469 g/mol. The summed E-state index contributed by atoms with van der Waals surface area (Å²) in [5.74, 6) is 0.915. The van der Waals surface area contributed by atoms with E-state index in [0.29, 0.717) is 18.0 Å². The van der Waals surface area contributed by atoms with Gasteiger partial charge in [0.2, 0.25) is 15.9 Å². The molecule has 1 N–H and O–H groups in total. The van der Waals surface area contributed by atoms with Gasteiger partial charge in [-0.1, -0.05) is 42.5 Å². The highest BCUT2D eigenvalue weighted by molar-refractivity contribution is 7.92. The van der Waals surface area contributed by atoms with Crippen molar-refractivity contribution in [3.05, 3.63) is 90.0 Å². The maximum atomic E-state index is 12.6. The van der Waals surface area contributed by atoms with Crippen molar-refractivity contribution in [3.8, 4) is 11.5 Å². The number of rotatable bonds is 10. The van der Waals surface area contributed by atoms with Crippen LogP contribution in [-0.2, 0) is 21.4 Å². The van der Waals surface area contributed by atoms with Crippen molar-refractivity contribution in [2.45, 2.75) is 19.6 Å². The normalized spacial score (nSPS) is 12.0. The van der Waals surface area contributed by atoms with Gasteiger partial charge in [0.1, 0.15) is 24.7 Å². The summed E-state index contributed by atoms with van der Waals surface area (Å²) in [6.07, 6.45) is 1.08. The van der Waals surface area contributed by atoms with E-state index in [1.165, 1.54) is 0 Å². The largest absolute Gasteiger partial charge is 0.497 e. The number of sulfonamides is 1. The Labute approximate surface area is 195 Å². The van der Waals surface area contributed by atoms with Crippen LogP contribution in [0.5, 0.6) is 11.5 Å². The summed E-state index contributed by atoms with van der Waals surface area (Å²) in [6.45, 7) is 1.91. The minimum atomic E-state index is -3.68. The lowest BCUT2D eigenvalue weighted by molar-refractivity contribution is -0.120.